The second-order valence-corrected chi connectivity index (χ2v) is 3.70. The zero-order valence-electron chi connectivity index (χ0n) is 9.83. The van der Waals surface area contributed by atoms with Gasteiger partial charge in [-0.15, -0.1) is 0 Å². The van der Waals surface area contributed by atoms with E-state index in [1.807, 2.05) is 0 Å². The highest BCUT2D eigenvalue weighted by atomic mass is 19.3. The van der Waals surface area contributed by atoms with Gasteiger partial charge in [0.1, 0.15) is 11.4 Å². The van der Waals surface area contributed by atoms with Crippen LogP contribution in [0.2, 0.25) is 0 Å². The summed E-state index contributed by atoms with van der Waals surface area (Å²) in [5, 5.41) is 3.16. The van der Waals surface area contributed by atoms with E-state index >= 15 is 0 Å². The Morgan fingerprint density at radius 3 is 2.47 bits per heavy atom. The predicted octanol–water partition coefficient (Wildman–Crippen LogP) is 3.82. The molecule has 0 atom stereocenters. The lowest BCUT2D eigenvalue weighted by Crippen LogP contribution is -2.02. The first kappa shape index (κ1) is 13.4. The second-order valence-electron chi connectivity index (χ2n) is 3.70. The van der Waals surface area contributed by atoms with Gasteiger partial charge in [0.25, 0.3) is 6.43 Å². The van der Waals surface area contributed by atoms with E-state index in [0.717, 1.165) is 0 Å². The van der Waals surface area contributed by atoms with Crippen LogP contribution in [-0.4, -0.2) is 18.6 Å². The van der Waals surface area contributed by atoms with Gasteiger partial charge < -0.3 is 10.1 Å². The lowest BCUT2D eigenvalue weighted by Gasteiger charge is -2.11. The summed E-state index contributed by atoms with van der Waals surface area (Å²) in [6.45, 7) is -2.94. The number of benzene rings is 1. The molecule has 0 aliphatic carbocycles. The lowest BCUT2D eigenvalue weighted by atomic mass is 10.1. The Morgan fingerprint density at radius 2 is 1.89 bits per heavy atom. The van der Waals surface area contributed by atoms with Crippen molar-refractivity contribution in [3.63, 3.8) is 0 Å². The minimum absolute atomic E-state index is 0.0504. The summed E-state index contributed by atoms with van der Waals surface area (Å²) < 4.78 is 53.8. The number of rotatable bonds is 4. The van der Waals surface area contributed by atoms with E-state index in [2.05, 4.69) is 15.0 Å². The first-order valence-corrected chi connectivity index (χ1v) is 5.36. The quantitative estimate of drug-likeness (QED) is 0.861. The van der Waals surface area contributed by atoms with Crippen LogP contribution >= 0.6 is 0 Å². The van der Waals surface area contributed by atoms with Crippen molar-refractivity contribution in [2.24, 2.45) is 0 Å². The molecule has 1 heterocycles. The number of ether oxygens (including phenoxy) is 1. The van der Waals surface area contributed by atoms with E-state index in [9.17, 15) is 17.6 Å². The standard InChI is InChI=1S/C12H10F4N2O/c1-17-9-5-10(11(13)14)18-8-3-2-6(4-7(8)9)19-12(15)16/h2-5,11-12H,1H3,(H,17,18). The number of anilines is 1. The van der Waals surface area contributed by atoms with Crippen LogP contribution in [-0.2, 0) is 0 Å². The minimum atomic E-state index is -2.94. The number of nitrogens with one attached hydrogen (secondary N) is 1. The van der Waals surface area contributed by atoms with Gasteiger partial charge in [-0.3, -0.25) is 0 Å². The average Bonchev–Trinajstić information content (AvgIpc) is 2.36. The minimum Gasteiger partial charge on any atom is -0.435 e. The molecule has 102 valence electrons. The van der Waals surface area contributed by atoms with Crippen LogP contribution in [0.4, 0.5) is 23.2 Å². The predicted molar refractivity (Wildman–Crippen MR) is 62.9 cm³/mol. The van der Waals surface area contributed by atoms with Gasteiger partial charge in [0.05, 0.1) is 5.52 Å². The average molecular weight is 274 g/mol. The Hall–Kier alpha value is -2.05. The van der Waals surface area contributed by atoms with Crippen LogP contribution in [0.25, 0.3) is 10.9 Å². The van der Waals surface area contributed by atoms with Crippen molar-refractivity contribution in [2.45, 2.75) is 13.0 Å². The molecule has 0 spiro atoms. The van der Waals surface area contributed by atoms with E-state index in [1.54, 1.807) is 7.05 Å². The van der Waals surface area contributed by atoms with Gasteiger partial charge in [0.15, 0.2) is 0 Å². The monoisotopic (exact) mass is 274 g/mol. The van der Waals surface area contributed by atoms with Crippen molar-refractivity contribution >= 4 is 16.6 Å². The fourth-order valence-electron chi connectivity index (χ4n) is 1.72. The molecule has 1 aromatic heterocycles. The maximum Gasteiger partial charge on any atom is 0.387 e. The molecule has 2 rings (SSSR count). The largest absolute Gasteiger partial charge is 0.435 e. The highest BCUT2D eigenvalue weighted by Gasteiger charge is 2.14. The summed E-state index contributed by atoms with van der Waals surface area (Å²) in [6, 6.07) is 5.13. The summed E-state index contributed by atoms with van der Waals surface area (Å²) in [7, 11) is 1.55. The molecule has 0 radical (unpaired) electrons. The lowest BCUT2D eigenvalue weighted by molar-refractivity contribution is -0.0497. The molecule has 0 aliphatic heterocycles. The third-order valence-electron chi connectivity index (χ3n) is 2.52. The SMILES string of the molecule is CNc1cc(C(F)F)nc2ccc(OC(F)F)cc12. The van der Waals surface area contributed by atoms with E-state index in [-0.39, 0.29) is 17.0 Å². The first-order chi connectivity index (χ1) is 9.01. The molecule has 0 aliphatic rings. The van der Waals surface area contributed by atoms with Crippen LogP contribution < -0.4 is 10.1 Å². The molecule has 0 fully saturated rings. The van der Waals surface area contributed by atoms with Crippen LogP contribution in [0, 0.1) is 0 Å². The molecule has 0 unspecified atom stereocenters. The van der Waals surface area contributed by atoms with E-state index in [1.165, 1.54) is 24.3 Å². The molecule has 7 heteroatoms. The molecule has 0 saturated heterocycles. The first-order valence-electron chi connectivity index (χ1n) is 5.36. The van der Waals surface area contributed by atoms with Crippen molar-refractivity contribution in [1.82, 2.24) is 4.98 Å². The zero-order valence-corrected chi connectivity index (χ0v) is 9.83. The number of fused-ring (bicyclic) bond motifs is 1. The van der Waals surface area contributed by atoms with Gasteiger partial charge >= 0.3 is 6.61 Å². The number of aromatic nitrogens is 1. The van der Waals surface area contributed by atoms with Crippen molar-refractivity contribution in [2.75, 3.05) is 12.4 Å². The number of alkyl halides is 4. The zero-order chi connectivity index (χ0) is 14.0. The highest BCUT2D eigenvalue weighted by molar-refractivity contribution is 5.92. The maximum absolute atomic E-state index is 12.6. The Morgan fingerprint density at radius 1 is 1.16 bits per heavy atom. The van der Waals surface area contributed by atoms with Gasteiger partial charge in [-0.25, -0.2) is 13.8 Å². The van der Waals surface area contributed by atoms with Crippen molar-refractivity contribution in [3.05, 3.63) is 30.0 Å². The summed E-state index contributed by atoms with van der Waals surface area (Å²) in [4.78, 5) is 3.77. The maximum atomic E-state index is 12.6. The van der Waals surface area contributed by atoms with Crippen LogP contribution in [0.1, 0.15) is 12.1 Å². The van der Waals surface area contributed by atoms with Crippen LogP contribution in [0.3, 0.4) is 0 Å². The number of halogens is 4. The van der Waals surface area contributed by atoms with Crippen LogP contribution in [0.15, 0.2) is 24.3 Å². The number of hydrogen-bond acceptors (Lipinski definition) is 3. The molecule has 2 aromatic rings. The second kappa shape index (κ2) is 5.29. The number of hydrogen-bond donors (Lipinski definition) is 1. The number of pyridine rings is 1. The van der Waals surface area contributed by atoms with Gasteiger partial charge in [-0.2, -0.15) is 8.78 Å². The number of nitrogens with zero attached hydrogens (tertiary/aromatic N) is 1. The van der Waals surface area contributed by atoms with Crippen molar-refractivity contribution in [1.29, 1.82) is 0 Å². The Bertz CT molecular complexity index is 589. The summed E-state index contributed by atoms with van der Waals surface area (Å²) >= 11 is 0. The van der Waals surface area contributed by atoms with Crippen molar-refractivity contribution in [3.8, 4) is 5.75 Å². The third-order valence-corrected chi connectivity index (χ3v) is 2.52. The molecule has 0 amide bonds. The molecule has 19 heavy (non-hydrogen) atoms. The molecule has 1 N–H and O–H groups in total. The van der Waals surface area contributed by atoms with Gasteiger partial charge in [-0.05, 0) is 24.3 Å². The topological polar surface area (TPSA) is 34.2 Å². The third kappa shape index (κ3) is 2.86. The van der Waals surface area contributed by atoms with E-state index < -0.39 is 13.0 Å². The van der Waals surface area contributed by atoms with Gasteiger partial charge in [-0.1, -0.05) is 0 Å². The summed E-state index contributed by atoms with van der Waals surface area (Å²) in [5.74, 6) is -0.0504. The smallest absolute Gasteiger partial charge is 0.387 e. The highest BCUT2D eigenvalue weighted by Crippen LogP contribution is 2.30. The Balaban J connectivity index is 2.55. The fourth-order valence-corrected chi connectivity index (χ4v) is 1.72. The summed E-state index contributed by atoms with van der Waals surface area (Å²) in [5.41, 5.74) is 0.281. The van der Waals surface area contributed by atoms with Crippen LogP contribution in [0.5, 0.6) is 5.75 Å². The molecular weight excluding hydrogens is 264 g/mol. The Kier molecular flexibility index (Phi) is 3.73. The molecule has 0 saturated carbocycles. The van der Waals surface area contributed by atoms with Gasteiger partial charge in [0, 0.05) is 18.1 Å². The van der Waals surface area contributed by atoms with E-state index in [4.69, 9.17) is 0 Å². The fraction of sp³-hybridized carbons (Fsp3) is 0.250. The Labute approximate surface area is 106 Å². The summed E-state index contributed by atoms with van der Waals surface area (Å²) in [6.07, 6.45) is -2.70. The molecule has 1 aromatic carbocycles. The normalized spacial score (nSPS) is 11.3. The van der Waals surface area contributed by atoms with Crippen molar-refractivity contribution < 1.29 is 22.3 Å². The molecule has 3 nitrogen and oxygen atoms in total. The molecular formula is C12H10F4N2O. The van der Waals surface area contributed by atoms with Gasteiger partial charge in [0.2, 0.25) is 0 Å². The van der Waals surface area contributed by atoms with E-state index in [0.29, 0.717) is 11.1 Å². The molecule has 0 bridgehead atoms.